The third-order valence-electron chi connectivity index (χ3n) is 4.95. The molecule has 32 heavy (non-hydrogen) atoms. The van der Waals surface area contributed by atoms with Gasteiger partial charge in [0.1, 0.15) is 24.9 Å². The van der Waals surface area contributed by atoms with Crippen molar-refractivity contribution in [3.63, 3.8) is 0 Å². The van der Waals surface area contributed by atoms with Crippen molar-refractivity contribution in [3.05, 3.63) is 42.1 Å². The lowest BCUT2D eigenvalue weighted by Crippen LogP contribution is -2.23. The van der Waals surface area contributed by atoms with Crippen LogP contribution in [0, 0.1) is 0 Å². The summed E-state index contributed by atoms with van der Waals surface area (Å²) < 4.78 is 27.0. The quantitative estimate of drug-likeness (QED) is 0.456. The summed E-state index contributed by atoms with van der Waals surface area (Å²) in [7, 11) is 3.11. The Hall–Kier alpha value is -3.50. The number of fused-ring (bicyclic) bond motifs is 1. The molecule has 0 bridgehead atoms. The van der Waals surface area contributed by atoms with Gasteiger partial charge in [0.25, 0.3) is 0 Å². The van der Waals surface area contributed by atoms with E-state index in [1.165, 1.54) is 25.6 Å². The molecule has 10 nitrogen and oxygen atoms in total. The normalized spacial score (nSPS) is 18.4. The van der Waals surface area contributed by atoms with Crippen LogP contribution in [0.1, 0.15) is 6.42 Å². The Bertz CT molecular complexity index is 1090. The zero-order valence-corrected chi connectivity index (χ0v) is 17.8. The van der Waals surface area contributed by atoms with Gasteiger partial charge in [-0.15, -0.1) is 0 Å². The SMILES string of the molecule is COCCOc1cc2ncnc(NC3=CC(=O)C(O[C@H]4CCOC4)=CC3=O)c2cc1OC. The minimum atomic E-state index is -0.399. The van der Waals surface area contributed by atoms with Gasteiger partial charge in [-0.05, 0) is 6.07 Å². The first-order valence-corrected chi connectivity index (χ1v) is 10.1. The van der Waals surface area contributed by atoms with E-state index in [0.29, 0.717) is 61.1 Å². The van der Waals surface area contributed by atoms with Gasteiger partial charge in [-0.3, -0.25) is 9.59 Å². The molecular weight excluding hydrogens is 418 g/mol. The molecule has 0 spiro atoms. The Labute approximate surface area is 184 Å². The molecule has 1 aromatic heterocycles. The molecular formula is C22H23N3O7. The molecule has 168 valence electrons. The number of nitrogens with zero attached hydrogens (tertiary/aromatic N) is 2. The molecule has 0 radical (unpaired) electrons. The molecule has 2 heterocycles. The van der Waals surface area contributed by atoms with E-state index >= 15 is 0 Å². The van der Waals surface area contributed by atoms with Crippen LogP contribution >= 0.6 is 0 Å². The molecule has 1 aliphatic heterocycles. The average Bonchev–Trinajstić information content (AvgIpc) is 3.30. The zero-order chi connectivity index (χ0) is 22.5. The third-order valence-corrected chi connectivity index (χ3v) is 4.95. The van der Waals surface area contributed by atoms with Gasteiger partial charge in [0.05, 0.1) is 38.1 Å². The van der Waals surface area contributed by atoms with E-state index in [0.717, 1.165) is 0 Å². The molecule has 2 aromatic rings. The molecule has 10 heteroatoms. The molecule has 2 aliphatic rings. The summed E-state index contributed by atoms with van der Waals surface area (Å²) in [4.78, 5) is 33.6. The fourth-order valence-corrected chi connectivity index (χ4v) is 3.31. The minimum Gasteiger partial charge on any atom is -0.493 e. The second kappa shape index (κ2) is 9.75. The van der Waals surface area contributed by atoms with E-state index in [1.54, 1.807) is 19.2 Å². The first kappa shape index (κ1) is 21.7. The lowest BCUT2D eigenvalue weighted by atomic mass is 10.1. The molecule has 1 N–H and O–H groups in total. The van der Waals surface area contributed by atoms with Crippen LogP contribution in [-0.4, -0.2) is 68.3 Å². The van der Waals surface area contributed by atoms with Gasteiger partial charge in [-0.1, -0.05) is 0 Å². The van der Waals surface area contributed by atoms with Crippen LogP contribution in [0.5, 0.6) is 11.5 Å². The Morgan fingerprint density at radius 3 is 2.72 bits per heavy atom. The van der Waals surface area contributed by atoms with Crippen LogP contribution < -0.4 is 14.8 Å². The van der Waals surface area contributed by atoms with Crippen molar-refractivity contribution in [2.45, 2.75) is 12.5 Å². The highest BCUT2D eigenvalue weighted by molar-refractivity contribution is 6.20. The van der Waals surface area contributed by atoms with Crippen LogP contribution in [0.15, 0.2) is 42.1 Å². The third kappa shape index (κ3) is 4.71. The highest BCUT2D eigenvalue weighted by atomic mass is 16.6. The number of ether oxygens (including phenoxy) is 5. The Kier molecular flexibility index (Phi) is 6.62. The zero-order valence-electron chi connectivity index (χ0n) is 17.8. The van der Waals surface area contributed by atoms with Crippen LogP contribution in [0.3, 0.4) is 0 Å². The minimum absolute atomic E-state index is 0.0168. The maximum Gasteiger partial charge on any atom is 0.222 e. The van der Waals surface area contributed by atoms with Crippen molar-refractivity contribution in [2.75, 3.05) is 46.0 Å². The molecule has 1 aromatic carbocycles. The van der Waals surface area contributed by atoms with Crippen molar-refractivity contribution in [3.8, 4) is 11.5 Å². The van der Waals surface area contributed by atoms with Gasteiger partial charge < -0.3 is 29.0 Å². The van der Waals surface area contributed by atoms with Crippen molar-refractivity contribution in [1.82, 2.24) is 9.97 Å². The fraction of sp³-hybridized carbons (Fsp3) is 0.364. The summed E-state index contributed by atoms with van der Waals surface area (Å²) in [5, 5.41) is 3.54. The van der Waals surface area contributed by atoms with Crippen molar-refractivity contribution >= 4 is 28.3 Å². The monoisotopic (exact) mass is 441 g/mol. The van der Waals surface area contributed by atoms with Gasteiger partial charge in [0.15, 0.2) is 17.3 Å². The highest BCUT2D eigenvalue weighted by Gasteiger charge is 2.26. The smallest absolute Gasteiger partial charge is 0.222 e. The topological polar surface area (TPSA) is 118 Å². The Balaban J connectivity index is 1.56. The maximum atomic E-state index is 12.6. The molecule has 0 amide bonds. The molecule has 1 aliphatic carbocycles. The molecule has 0 unspecified atom stereocenters. The summed E-state index contributed by atoms with van der Waals surface area (Å²) in [6.07, 6.45) is 4.21. The van der Waals surface area contributed by atoms with Gasteiger partial charge in [0, 0.05) is 37.1 Å². The number of hydrogen-bond donors (Lipinski definition) is 1. The number of carbonyl (C=O) groups is 2. The fourth-order valence-electron chi connectivity index (χ4n) is 3.31. The lowest BCUT2D eigenvalue weighted by molar-refractivity contribution is -0.118. The van der Waals surface area contributed by atoms with E-state index in [4.69, 9.17) is 23.7 Å². The number of methoxy groups -OCH3 is 2. The second-order valence-electron chi connectivity index (χ2n) is 7.11. The number of hydrogen-bond acceptors (Lipinski definition) is 10. The first-order valence-electron chi connectivity index (χ1n) is 10.1. The van der Waals surface area contributed by atoms with Crippen LogP contribution in [-0.2, 0) is 23.8 Å². The predicted octanol–water partition coefficient (Wildman–Crippen LogP) is 1.80. The van der Waals surface area contributed by atoms with E-state index < -0.39 is 11.6 Å². The second-order valence-corrected chi connectivity index (χ2v) is 7.11. The van der Waals surface area contributed by atoms with E-state index in [1.807, 2.05) is 0 Å². The average molecular weight is 441 g/mol. The number of nitrogens with one attached hydrogen (secondary N) is 1. The summed E-state index contributed by atoms with van der Waals surface area (Å²) in [6.45, 7) is 1.75. The summed E-state index contributed by atoms with van der Waals surface area (Å²) in [6, 6.07) is 3.42. The highest BCUT2D eigenvalue weighted by Crippen LogP contribution is 2.34. The summed E-state index contributed by atoms with van der Waals surface area (Å²) >= 11 is 0. The van der Waals surface area contributed by atoms with Gasteiger partial charge in [-0.25, -0.2) is 9.97 Å². The van der Waals surface area contributed by atoms with E-state index in [2.05, 4.69) is 15.3 Å². The predicted molar refractivity (Wildman–Crippen MR) is 114 cm³/mol. The largest absolute Gasteiger partial charge is 0.493 e. The number of ketones is 2. The van der Waals surface area contributed by atoms with Crippen LogP contribution in [0.2, 0.25) is 0 Å². The lowest BCUT2D eigenvalue weighted by Gasteiger charge is -2.18. The van der Waals surface area contributed by atoms with Crippen molar-refractivity contribution < 1.29 is 33.3 Å². The molecule has 1 atom stereocenters. The molecule has 1 saturated heterocycles. The number of rotatable bonds is 9. The van der Waals surface area contributed by atoms with Crippen LogP contribution in [0.25, 0.3) is 10.9 Å². The van der Waals surface area contributed by atoms with Crippen LogP contribution in [0.4, 0.5) is 5.82 Å². The first-order chi connectivity index (χ1) is 15.6. The van der Waals surface area contributed by atoms with Gasteiger partial charge in [0.2, 0.25) is 11.6 Å². The number of allylic oxidation sites excluding steroid dienone is 2. The number of aromatic nitrogens is 2. The standard InChI is InChI=1S/C22H23N3O7/c1-28-5-6-31-21-9-15-14(7-20(21)29-2)22(24-12-23-15)25-16-8-18(27)19(10-17(16)26)32-13-3-4-30-11-13/h7-10,12-13H,3-6,11H2,1-2H3,(H,23,24,25)/t13-/m0/s1. The summed E-state index contributed by atoms with van der Waals surface area (Å²) in [5.41, 5.74) is 0.663. The molecule has 4 rings (SSSR count). The van der Waals surface area contributed by atoms with Crippen molar-refractivity contribution in [1.29, 1.82) is 0 Å². The number of carbonyl (C=O) groups excluding carboxylic acids is 2. The Morgan fingerprint density at radius 2 is 1.97 bits per heavy atom. The van der Waals surface area contributed by atoms with E-state index in [-0.39, 0.29) is 17.6 Å². The summed E-state index contributed by atoms with van der Waals surface area (Å²) in [5.74, 6) is 0.557. The van der Waals surface area contributed by atoms with Crippen molar-refractivity contribution in [2.24, 2.45) is 0 Å². The Morgan fingerprint density at radius 1 is 1.09 bits per heavy atom. The van der Waals surface area contributed by atoms with E-state index in [9.17, 15) is 9.59 Å². The number of benzene rings is 1. The molecule has 1 fully saturated rings. The number of anilines is 1. The molecule has 0 saturated carbocycles. The van der Waals surface area contributed by atoms with Gasteiger partial charge >= 0.3 is 0 Å². The maximum absolute atomic E-state index is 12.6. The van der Waals surface area contributed by atoms with Gasteiger partial charge in [-0.2, -0.15) is 0 Å².